The Morgan fingerprint density at radius 2 is 0.884 bits per heavy atom. The third-order valence-electron chi connectivity index (χ3n) is 9.55. The van der Waals surface area contributed by atoms with Gasteiger partial charge in [-0.3, -0.25) is 24.4 Å². The fourth-order valence-corrected chi connectivity index (χ4v) is 6.03. The quantitative estimate of drug-likeness (QED) is 0.345. The van der Waals surface area contributed by atoms with Gasteiger partial charge in [0, 0.05) is 48.3 Å². The van der Waals surface area contributed by atoms with E-state index >= 15 is 0 Å². The van der Waals surface area contributed by atoms with Crippen molar-refractivity contribution < 1.29 is 14.6 Å². The van der Waals surface area contributed by atoms with Crippen LogP contribution in [-0.2, 0) is 9.53 Å². The number of aliphatic carboxylic acids is 1. The van der Waals surface area contributed by atoms with Crippen LogP contribution in [0.2, 0.25) is 0 Å². The maximum absolute atomic E-state index is 10.6. The fraction of sp³-hybridized carbons (Fsp3) is 0.972. The first-order chi connectivity index (χ1) is 19.5. The second kappa shape index (κ2) is 17.3. The summed E-state index contributed by atoms with van der Waals surface area (Å²) >= 11 is 0. The van der Waals surface area contributed by atoms with Gasteiger partial charge in [0.2, 0.25) is 0 Å². The number of ether oxygens (including phenoxy) is 1. The maximum Gasteiger partial charge on any atom is 0.307 e. The summed E-state index contributed by atoms with van der Waals surface area (Å²) in [5.41, 5.74) is 1.22. The van der Waals surface area contributed by atoms with Gasteiger partial charge in [-0.1, -0.05) is 13.8 Å². The molecule has 4 rings (SSSR count). The summed E-state index contributed by atoms with van der Waals surface area (Å²) in [6.45, 7) is 42.4. The molecule has 2 atom stereocenters. The van der Waals surface area contributed by atoms with Gasteiger partial charge >= 0.3 is 5.97 Å². The van der Waals surface area contributed by atoms with Gasteiger partial charge in [0.15, 0.2) is 0 Å². The molecule has 4 aliphatic rings. The van der Waals surface area contributed by atoms with Gasteiger partial charge in [0.25, 0.3) is 0 Å². The number of piperidine rings is 1. The SMILES string of the molecule is CC(C)(C)N1CCC(C(=O)O)C1.CC(C)(C)N1CCOCC1.CC1CCN(C(C)(C)C)C1.CC1CCN(C(C)(C)C)CC1. The summed E-state index contributed by atoms with van der Waals surface area (Å²) in [7, 11) is 0. The highest BCUT2D eigenvalue weighted by Crippen LogP contribution is 2.25. The Labute approximate surface area is 268 Å². The summed E-state index contributed by atoms with van der Waals surface area (Å²) in [6, 6.07) is 0. The smallest absolute Gasteiger partial charge is 0.307 e. The van der Waals surface area contributed by atoms with E-state index in [1.165, 1.54) is 45.4 Å². The normalized spacial score (nSPS) is 25.6. The number of hydrogen-bond donors (Lipinski definition) is 1. The molecule has 4 aliphatic heterocycles. The molecule has 0 aromatic heterocycles. The molecule has 0 bridgehead atoms. The van der Waals surface area contributed by atoms with Gasteiger partial charge in [0.1, 0.15) is 0 Å². The molecule has 0 aliphatic carbocycles. The summed E-state index contributed by atoms with van der Waals surface area (Å²) in [6.07, 6.45) is 4.96. The highest BCUT2D eigenvalue weighted by atomic mass is 16.5. The van der Waals surface area contributed by atoms with E-state index in [2.05, 4.69) is 117 Å². The van der Waals surface area contributed by atoms with Gasteiger partial charge in [-0.05, 0) is 147 Å². The predicted molar refractivity (Wildman–Crippen MR) is 184 cm³/mol. The molecule has 1 N–H and O–H groups in total. The third-order valence-corrected chi connectivity index (χ3v) is 9.55. The topological polar surface area (TPSA) is 59.5 Å². The first kappa shape index (κ1) is 40.3. The van der Waals surface area contributed by atoms with E-state index < -0.39 is 5.97 Å². The molecule has 4 fully saturated rings. The Balaban J connectivity index is 0.000000287. The lowest BCUT2D eigenvalue weighted by molar-refractivity contribution is -0.141. The van der Waals surface area contributed by atoms with Crippen LogP contribution in [0.15, 0.2) is 0 Å². The first-order valence-corrected chi connectivity index (χ1v) is 17.3. The van der Waals surface area contributed by atoms with E-state index in [0.717, 1.165) is 51.1 Å². The van der Waals surface area contributed by atoms with Crippen LogP contribution in [0, 0.1) is 17.8 Å². The molecule has 0 aromatic rings. The summed E-state index contributed by atoms with van der Waals surface area (Å²) in [4.78, 5) is 20.5. The van der Waals surface area contributed by atoms with Crippen LogP contribution in [0.1, 0.15) is 123 Å². The van der Waals surface area contributed by atoms with Crippen molar-refractivity contribution in [3.63, 3.8) is 0 Å². The average molecular weight is 611 g/mol. The molecular weight excluding hydrogens is 536 g/mol. The second-order valence-electron chi connectivity index (χ2n) is 17.6. The van der Waals surface area contributed by atoms with Crippen molar-refractivity contribution in [1.82, 2.24) is 19.6 Å². The summed E-state index contributed by atoms with van der Waals surface area (Å²) in [5.74, 6) is 1.07. The molecule has 7 heteroatoms. The fourth-order valence-electron chi connectivity index (χ4n) is 6.03. The number of carboxylic acids is 1. The zero-order valence-corrected chi connectivity index (χ0v) is 31.2. The monoisotopic (exact) mass is 611 g/mol. The van der Waals surface area contributed by atoms with Crippen LogP contribution in [0.3, 0.4) is 0 Å². The molecular formula is C36H74N4O3. The molecule has 43 heavy (non-hydrogen) atoms. The maximum atomic E-state index is 10.6. The second-order valence-corrected chi connectivity index (χ2v) is 17.6. The van der Waals surface area contributed by atoms with E-state index in [0.29, 0.717) is 23.2 Å². The largest absolute Gasteiger partial charge is 0.481 e. The highest BCUT2D eigenvalue weighted by Gasteiger charge is 2.33. The van der Waals surface area contributed by atoms with Crippen molar-refractivity contribution in [2.75, 3.05) is 65.6 Å². The average Bonchev–Trinajstić information content (AvgIpc) is 3.55. The van der Waals surface area contributed by atoms with Crippen molar-refractivity contribution in [3.8, 4) is 0 Å². The first-order valence-electron chi connectivity index (χ1n) is 17.3. The Bertz CT molecular complexity index is 762. The molecule has 2 unspecified atom stereocenters. The van der Waals surface area contributed by atoms with Crippen LogP contribution in [0.4, 0.5) is 0 Å². The zero-order valence-electron chi connectivity index (χ0n) is 31.2. The minimum absolute atomic E-state index is 0.115. The Hall–Kier alpha value is -0.730. The number of carbonyl (C=O) groups is 1. The van der Waals surface area contributed by atoms with Gasteiger partial charge in [0.05, 0.1) is 19.1 Å². The van der Waals surface area contributed by atoms with E-state index in [9.17, 15) is 4.79 Å². The summed E-state index contributed by atoms with van der Waals surface area (Å²) in [5, 5.41) is 8.77. The number of nitrogens with zero attached hydrogens (tertiary/aromatic N) is 4. The van der Waals surface area contributed by atoms with Crippen LogP contribution in [0.25, 0.3) is 0 Å². The zero-order chi connectivity index (χ0) is 33.2. The van der Waals surface area contributed by atoms with E-state index in [1.807, 2.05) is 0 Å². The van der Waals surface area contributed by atoms with E-state index in [-0.39, 0.29) is 11.5 Å². The molecule has 0 radical (unpaired) electrons. The highest BCUT2D eigenvalue weighted by molar-refractivity contribution is 5.70. The van der Waals surface area contributed by atoms with Gasteiger partial charge in [-0.15, -0.1) is 0 Å². The molecule has 0 saturated carbocycles. The Morgan fingerprint density at radius 3 is 1.16 bits per heavy atom. The predicted octanol–water partition coefficient (Wildman–Crippen LogP) is 6.95. The third kappa shape index (κ3) is 15.9. The van der Waals surface area contributed by atoms with Crippen LogP contribution >= 0.6 is 0 Å². The van der Waals surface area contributed by atoms with Gasteiger partial charge < -0.3 is 9.84 Å². The van der Waals surface area contributed by atoms with Crippen LogP contribution in [0.5, 0.6) is 0 Å². The van der Waals surface area contributed by atoms with Crippen LogP contribution in [-0.4, -0.2) is 118 Å². The van der Waals surface area contributed by atoms with Crippen LogP contribution < -0.4 is 0 Å². The lowest BCUT2D eigenvalue weighted by Gasteiger charge is -2.40. The Kier molecular flexibility index (Phi) is 16.2. The molecule has 4 heterocycles. The Morgan fingerprint density at radius 1 is 0.535 bits per heavy atom. The van der Waals surface area contributed by atoms with Crippen molar-refractivity contribution in [2.45, 2.75) is 145 Å². The lowest BCUT2D eigenvalue weighted by Crippen LogP contribution is -2.47. The molecule has 4 saturated heterocycles. The minimum atomic E-state index is -0.651. The van der Waals surface area contributed by atoms with Crippen molar-refractivity contribution in [1.29, 1.82) is 0 Å². The van der Waals surface area contributed by atoms with Gasteiger partial charge in [-0.25, -0.2) is 0 Å². The standard InChI is InChI=1S/C10H21N.C9H17NO2.C9H19N.C8H17NO/c1-9-5-7-11(8-6-9)10(2,3)4;1-9(2,3)10-5-4-7(6-10)8(11)12;1-8-5-6-10(7-8)9(2,3)4;1-8(2,3)9-4-6-10-7-5-9/h9H,5-8H2,1-4H3;7H,4-6H2,1-3H3,(H,11,12);8H,5-7H2,1-4H3;4-7H2,1-3H3. The molecule has 0 spiro atoms. The van der Waals surface area contributed by atoms with E-state index in [1.54, 1.807) is 0 Å². The molecule has 0 aromatic carbocycles. The number of likely N-dealkylation sites (tertiary alicyclic amines) is 3. The number of morpholine rings is 1. The lowest BCUT2D eigenvalue weighted by atomic mass is 9.95. The molecule has 7 nitrogen and oxygen atoms in total. The van der Waals surface area contributed by atoms with Gasteiger partial charge in [-0.2, -0.15) is 0 Å². The van der Waals surface area contributed by atoms with Crippen molar-refractivity contribution in [3.05, 3.63) is 0 Å². The minimum Gasteiger partial charge on any atom is -0.481 e. The van der Waals surface area contributed by atoms with Crippen molar-refractivity contribution in [2.24, 2.45) is 17.8 Å². The van der Waals surface area contributed by atoms with E-state index in [4.69, 9.17) is 9.84 Å². The number of carboxylic acid groups (broad SMARTS) is 1. The van der Waals surface area contributed by atoms with Crippen molar-refractivity contribution >= 4 is 5.97 Å². The summed E-state index contributed by atoms with van der Waals surface area (Å²) < 4.78 is 5.25. The number of rotatable bonds is 1. The molecule has 0 amide bonds. The number of hydrogen-bond acceptors (Lipinski definition) is 6. The molecule has 256 valence electrons.